The average molecular weight is 449 g/mol. The van der Waals surface area contributed by atoms with Crippen molar-refractivity contribution in [3.63, 3.8) is 0 Å². The third kappa shape index (κ3) is 3.15. The molecular formula is C17H13BrN4O4S. The van der Waals surface area contributed by atoms with Crippen molar-refractivity contribution < 1.29 is 18.0 Å². The molecule has 0 saturated heterocycles. The number of amides is 3. The molecular weight excluding hydrogens is 436 g/mol. The molecule has 0 unspecified atom stereocenters. The van der Waals surface area contributed by atoms with E-state index in [2.05, 4.69) is 30.6 Å². The van der Waals surface area contributed by atoms with E-state index in [4.69, 9.17) is 0 Å². The van der Waals surface area contributed by atoms with Crippen LogP contribution in [0.25, 0.3) is 0 Å². The van der Waals surface area contributed by atoms with Crippen molar-refractivity contribution in [3.8, 4) is 0 Å². The normalized spacial score (nSPS) is 15.0. The Morgan fingerprint density at radius 3 is 2.67 bits per heavy atom. The summed E-state index contributed by atoms with van der Waals surface area (Å²) in [7, 11) is -3.99. The lowest BCUT2D eigenvalue weighted by Crippen LogP contribution is -2.28. The molecule has 2 aliphatic rings. The first kappa shape index (κ1) is 17.8. The van der Waals surface area contributed by atoms with E-state index in [9.17, 15) is 18.0 Å². The summed E-state index contributed by atoms with van der Waals surface area (Å²) in [5, 5.41) is 0.707. The predicted octanol–water partition coefficient (Wildman–Crippen LogP) is 1.53. The molecule has 8 nitrogen and oxygen atoms in total. The van der Waals surface area contributed by atoms with Crippen LogP contribution in [-0.4, -0.2) is 26.9 Å². The first-order chi connectivity index (χ1) is 12.7. The maximum atomic E-state index is 13.1. The maximum absolute atomic E-state index is 13.1. The van der Waals surface area contributed by atoms with E-state index in [0.717, 1.165) is 5.56 Å². The van der Waals surface area contributed by atoms with Gasteiger partial charge in [-0.1, -0.05) is 15.9 Å². The number of fused-ring (bicyclic) bond motifs is 2. The van der Waals surface area contributed by atoms with E-state index in [0.29, 0.717) is 33.8 Å². The van der Waals surface area contributed by atoms with Gasteiger partial charge in [0.05, 0.1) is 22.1 Å². The zero-order valence-corrected chi connectivity index (χ0v) is 16.5. The van der Waals surface area contributed by atoms with Gasteiger partial charge in [0.1, 0.15) is 4.90 Å². The highest BCUT2D eigenvalue weighted by molar-refractivity contribution is 9.10. The smallest absolute Gasteiger partial charge is 0.311 e. The van der Waals surface area contributed by atoms with Crippen molar-refractivity contribution in [2.24, 2.45) is 9.98 Å². The average Bonchev–Trinajstić information content (AvgIpc) is 3.15. The number of carbonyl (C=O) groups excluding carboxylic acids is 2. The lowest BCUT2D eigenvalue weighted by molar-refractivity contribution is -0.116. The van der Waals surface area contributed by atoms with E-state index in [-0.39, 0.29) is 16.5 Å². The second-order valence-electron chi connectivity index (χ2n) is 6.15. The number of benzene rings is 2. The Bertz CT molecular complexity index is 1240. The zero-order chi connectivity index (χ0) is 19.3. The number of nitrogens with zero attached hydrogens (tertiary/aromatic N) is 3. The van der Waals surface area contributed by atoms with Gasteiger partial charge >= 0.3 is 6.03 Å². The van der Waals surface area contributed by atoms with Gasteiger partial charge in [-0.05, 0) is 42.3 Å². The molecule has 2 aliphatic heterocycles. The molecule has 0 spiro atoms. The molecule has 0 aromatic heterocycles. The first-order valence-corrected chi connectivity index (χ1v) is 10.3. The molecule has 10 heteroatoms. The number of halogens is 1. The molecule has 2 aromatic rings. The fraction of sp³-hybridized carbons (Fsp3) is 0.176. The summed E-state index contributed by atoms with van der Waals surface area (Å²) >= 11 is 3.34. The van der Waals surface area contributed by atoms with E-state index in [1.54, 1.807) is 0 Å². The maximum Gasteiger partial charge on any atom is 0.368 e. The summed E-state index contributed by atoms with van der Waals surface area (Å²) in [6.45, 7) is 1.84. The van der Waals surface area contributed by atoms with E-state index in [1.165, 1.54) is 36.1 Å². The Kier molecular flexibility index (Phi) is 4.11. The van der Waals surface area contributed by atoms with Gasteiger partial charge in [-0.3, -0.25) is 9.52 Å². The van der Waals surface area contributed by atoms with Gasteiger partial charge in [-0.15, -0.1) is 0 Å². The second-order valence-corrected chi connectivity index (χ2v) is 8.71. The molecule has 1 N–H and O–H groups in total. The van der Waals surface area contributed by atoms with Crippen molar-refractivity contribution in [2.45, 2.75) is 18.2 Å². The molecule has 0 radical (unpaired) electrons. The van der Waals surface area contributed by atoms with E-state index >= 15 is 0 Å². The summed E-state index contributed by atoms with van der Waals surface area (Å²) in [5.74, 6) is -0.219. The molecule has 0 atom stereocenters. The standard InChI is InChI=1S/C17H13BrN4O4S/c1-9(23)22-5-4-10-6-11(18)7-15(16(10)22)27(25,26)21-12-2-3-13-14(8-12)20-17(24)19-13/h2-3,6-8,21H,4-5H2,1H3. The number of hydrogen-bond acceptors (Lipinski definition) is 4. The fourth-order valence-electron chi connectivity index (χ4n) is 3.20. The van der Waals surface area contributed by atoms with Gasteiger partial charge in [-0.25, -0.2) is 13.2 Å². The van der Waals surface area contributed by atoms with Crippen LogP contribution in [0.5, 0.6) is 0 Å². The number of urea groups is 1. The van der Waals surface area contributed by atoms with Crippen molar-refractivity contribution in [3.05, 3.63) is 51.1 Å². The van der Waals surface area contributed by atoms with E-state index in [1.807, 2.05) is 6.07 Å². The van der Waals surface area contributed by atoms with Crippen LogP contribution in [0.15, 0.2) is 49.7 Å². The van der Waals surface area contributed by atoms with E-state index < -0.39 is 16.1 Å². The van der Waals surface area contributed by atoms with Crippen molar-refractivity contribution in [2.75, 3.05) is 16.2 Å². The van der Waals surface area contributed by atoms with Gasteiger partial charge < -0.3 is 4.90 Å². The molecule has 2 aromatic carbocycles. The van der Waals surface area contributed by atoms with Gasteiger partial charge in [-0.2, -0.15) is 9.98 Å². The number of rotatable bonds is 3. The van der Waals surface area contributed by atoms with Crippen LogP contribution in [0.2, 0.25) is 0 Å². The van der Waals surface area contributed by atoms with Crippen LogP contribution < -0.4 is 20.3 Å². The first-order valence-electron chi connectivity index (χ1n) is 7.99. The predicted molar refractivity (Wildman–Crippen MR) is 101 cm³/mol. The molecule has 27 heavy (non-hydrogen) atoms. The Balaban J connectivity index is 1.79. The number of nitrogens with one attached hydrogen (secondary N) is 1. The third-order valence-corrected chi connectivity index (χ3v) is 6.18. The molecule has 0 saturated carbocycles. The Morgan fingerprint density at radius 2 is 1.93 bits per heavy atom. The summed E-state index contributed by atoms with van der Waals surface area (Å²) in [6.07, 6.45) is 0.582. The van der Waals surface area contributed by atoms with Gasteiger partial charge in [0.2, 0.25) is 5.91 Å². The number of hydrogen-bond donors (Lipinski definition) is 1. The van der Waals surface area contributed by atoms with Crippen LogP contribution in [0.4, 0.5) is 16.2 Å². The molecule has 0 fully saturated rings. The Hall–Kier alpha value is -2.59. The summed E-state index contributed by atoms with van der Waals surface area (Å²) in [6, 6.07) is 7.15. The summed E-state index contributed by atoms with van der Waals surface area (Å²) < 4.78 is 29.2. The Labute approximate surface area is 162 Å². The van der Waals surface area contributed by atoms with Crippen LogP contribution in [0, 0.1) is 0 Å². The van der Waals surface area contributed by atoms with Gasteiger partial charge in [0.15, 0.2) is 0 Å². The second kappa shape index (κ2) is 6.24. The lowest BCUT2D eigenvalue weighted by atomic mass is 10.2. The Morgan fingerprint density at radius 1 is 1.19 bits per heavy atom. The lowest BCUT2D eigenvalue weighted by Gasteiger charge is -2.19. The van der Waals surface area contributed by atoms with Gasteiger partial charge in [0, 0.05) is 17.9 Å². The summed E-state index contributed by atoms with van der Waals surface area (Å²) in [5.41, 5.74) is 1.44. The van der Waals surface area contributed by atoms with Crippen LogP contribution in [0.3, 0.4) is 0 Å². The molecule has 138 valence electrons. The highest BCUT2D eigenvalue weighted by Crippen LogP contribution is 2.38. The third-order valence-electron chi connectivity index (χ3n) is 4.32. The molecule has 0 bridgehead atoms. The number of sulfonamides is 1. The van der Waals surface area contributed by atoms with Gasteiger partial charge in [0.25, 0.3) is 10.0 Å². The minimum absolute atomic E-state index is 0.0118. The summed E-state index contributed by atoms with van der Waals surface area (Å²) in [4.78, 5) is 32.1. The van der Waals surface area contributed by atoms with Crippen LogP contribution in [-0.2, 0) is 21.2 Å². The van der Waals surface area contributed by atoms with Crippen LogP contribution in [0.1, 0.15) is 12.5 Å². The van der Waals surface area contributed by atoms with Crippen molar-refractivity contribution in [1.82, 2.24) is 0 Å². The van der Waals surface area contributed by atoms with Crippen molar-refractivity contribution in [1.29, 1.82) is 0 Å². The van der Waals surface area contributed by atoms with Crippen LogP contribution >= 0.6 is 15.9 Å². The minimum Gasteiger partial charge on any atom is -0.311 e. The monoisotopic (exact) mass is 448 g/mol. The molecule has 0 aliphatic carbocycles. The fourth-order valence-corrected chi connectivity index (χ4v) is 5.18. The quantitative estimate of drug-likeness (QED) is 0.767. The highest BCUT2D eigenvalue weighted by atomic mass is 79.9. The zero-order valence-electron chi connectivity index (χ0n) is 14.1. The minimum atomic E-state index is -3.99. The number of carbonyl (C=O) groups is 2. The molecule has 4 rings (SSSR count). The SMILES string of the molecule is CC(=O)N1CCc2cc(Br)cc(S(=O)(=O)Nc3ccc4c(c3)=NC(=O)N=4)c21. The topological polar surface area (TPSA) is 108 Å². The molecule has 3 amide bonds. The number of anilines is 2. The molecule has 2 heterocycles. The highest BCUT2D eigenvalue weighted by Gasteiger charge is 2.31. The van der Waals surface area contributed by atoms with Crippen molar-refractivity contribution >= 4 is 49.3 Å². The largest absolute Gasteiger partial charge is 0.368 e.